The lowest BCUT2D eigenvalue weighted by Gasteiger charge is -2.03. The Hall–Kier alpha value is -2.61. The summed E-state index contributed by atoms with van der Waals surface area (Å²) >= 11 is 1.13. The van der Waals surface area contributed by atoms with Crippen LogP contribution in [0.4, 0.5) is 10.8 Å². The molecule has 8 heteroatoms. The molecule has 0 aliphatic carbocycles. The van der Waals surface area contributed by atoms with E-state index < -0.39 is 5.76 Å². The third-order valence-corrected chi connectivity index (χ3v) is 3.68. The molecule has 2 aromatic heterocycles. The van der Waals surface area contributed by atoms with Gasteiger partial charge in [0.15, 0.2) is 10.7 Å². The first-order valence-corrected chi connectivity index (χ1v) is 6.52. The minimum absolute atomic E-state index is 0.290. The van der Waals surface area contributed by atoms with Gasteiger partial charge in [-0.25, -0.2) is 9.78 Å². The Labute approximate surface area is 116 Å². The van der Waals surface area contributed by atoms with E-state index in [2.05, 4.69) is 15.3 Å². The molecule has 1 amide bonds. The van der Waals surface area contributed by atoms with Gasteiger partial charge in [-0.3, -0.25) is 9.78 Å². The van der Waals surface area contributed by atoms with Crippen LogP contribution in [0.5, 0.6) is 0 Å². The van der Waals surface area contributed by atoms with Crippen molar-refractivity contribution < 1.29 is 9.21 Å². The van der Waals surface area contributed by atoms with Gasteiger partial charge in [0.2, 0.25) is 0 Å². The van der Waals surface area contributed by atoms with Gasteiger partial charge in [0.25, 0.3) is 5.91 Å². The predicted molar refractivity (Wildman–Crippen MR) is 76.1 cm³/mol. The van der Waals surface area contributed by atoms with E-state index in [-0.39, 0.29) is 5.91 Å². The number of rotatable bonds is 2. The van der Waals surface area contributed by atoms with Crippen molar-refractivity contribution in [3.8, 4) is 0 Å². The second-order valence-electron chi connectivity index (χ2n) is 4.15. The van der Waals surface area contributed by atoms with Crippen LogP contribution >= 0.6 is 11.3 Å². The Balaban J connectivity index is 1.90. The van der Waals surface area contributed by atoms with Crippen LogP contribution < -0.4 is 16.8 Å². The van der Waals surface area contributed by atoms with Crippen LogP contribution in [-0.2, 0) is 0 Å². The van der Waals surface area contributed by atoms with Crippen LogP contribution in [0.15, 0.2) is 27.4 Å². The molecular weight excluding hydrogens is 280 g/mol. The predicted octanol–water partition coefficient (Wildman–Crippen LogP) is 1.72. The van der Waals surface area contributed by atoms with Gasteiger partial charge in [-0.2, -0.15) is 0 Å². The number of hydrogen-bond acceptors (Lipinski definition) is 6. The Morgan fingerprint density at radius 3 is 3.00 bits per heavy atom. The molecule has 0 unspecified atom stereocenters. The minimum Gasteiger partial charge on any atom is -0.408 e. The van der Waals surface area contributed by atoms with Gasteiger partial charge in [0.1, 0.15) is 4.88 Å². The lowest BCUT2D eigenvalue weighted by molar-refractivity contribution is 0.103. The molecule has 0 saturated heterocycles. The lowest BCUT2D eigenvalue weighted by Crippen LogP contribution is -2.11. The summed E-state index contributed by atoms with van der Waals surface area (Å²) in [6.45, 7) is 1.72. The largest absolute Gasteiger partial charge is 0.417 e. The molecule has 4 N–H and O–H groups in total. The van der Waals surface area contributed by atoms with Crippen molar-refractivity contribution in [2.75, 3.05) is 11.1 Å². The average Bonchev–Trinajstić information content (AvgIpc) is 2.90. The summed E-state index contributed by atoms with van der Waals surface area (Å²) in [4.78, 5) is 30.1. The molecule has 20 heavy (non-hydrogen) atoms. The van der Waals surface area contributed by atoms with E-state index in [1.807, 2.05) is 0 Å². The zero-order valence-corrected chi connectivity index (χ0v) is 11.2. The summed E-state index contributed by atoms with van der Waals surface area (Å²) in [6, 6.07) is 4.88. The normalized spacial score (nSPS) is 10.8. The van der Waals surface area contributed by atoms with E-state index in [1.54, 1.807) is 25.1 Å². The number of carbonyl (C=O) groups is 1. The fourth-order valence-electron chi connectivity index (χ4n) is 1.85. The van der Waals surface area contributed by atoms with Crippen molar-refractivity contribution in [1.82, 2.24) is 9.97 Å². The molecule has 0 fully saturated rings. The number of hydrogen-bond donors (Lipinski definition) is 3. The molecule has 3 rings (SSSR count). The van der Waals surface area contributed by atoms with E-state index in [4.69, 9.17) is 10.2 Å². The third-order valence-electron chi connectivity index (χ3n) is 2.70. The highest BCUT2D eigenvalue weighted by Gasteiger charge is 2.14. The van der Waals surface area contributed by atoms with Crippen LogP contribution in [0, 0.1) is 6.92 Å². The van der Waals surface area contributed by atoms with Crippen molar-refractivity contribution in [3.63, 3.8) is 0 Å². The summed E-state index contributed by atoms with van der Waals surface area (Å²) in [5.41, 5.74) is 7.65. The molecule has 0 aliphatic heterocycles. The molecule has 2 heterocycles. The van der Waals surface area contributed by atoms with E-state index in [9.17, 15) is 9.59 Å². The molecular formula is C12H10N4O3S. The third kappa shape index (κ3) is 2.16. The smallest absolute Gasteiger partial charge is 0.408 e. The SMILES string of the molecule is Cc1nc(N)sc1C(=O)Nc1ccc2oc(=O)[nH]c2c1. The van der Waals surface area contributed by atoms with E-state index in [1.165, 1.54) is 0 Å². The number of benzene rings is 1. The molecule has 102 valence electrons. The fourth-order valence-corrected chi connectivity index (χ4v) is 2.57. The summed E-state index contributed by atoms with van der Waals surface area (Å²) in [6.07, 6.45) is 0. The number of oxazole rings is 1. The topological polar surface area (TPSA) is 114 Å². The quantitative estimate of drug-likeness (QED) is 0.665. The standard InChI is InChI=1S/C12H10N4O3S/c1-5-9(20-11(13)14-5)10(17)15-6-2-3-8-7(4-6)16-12(18)19-8/h2-4H,1H3,(H2,13,14)(H,15,17)(H,16,18). The molecule has 0 bridgehead atoms. The molecule has 0 radical (unpaired) electrons. The number of anilines is 2. The van der Waals surface area contributed by atoms with E-state index >= 15 is 0 Å². The summed E-state index contributed by atoms with van der Waals surface area (Å²) < 4.78 is 4.89. The first-order valence-electron chi connectivity index (χ1n) is 5.70. The number of nitrogen functional groups attached to an aromatic ring is 1. The Kier molecular flexibility index (Phi) is 2.79. The van der Waals surface area contributed by atoms with Gasteiger partial charge < -0.3 is 15.5 Å². The van der Waals surface area contributed by atoms with Crippen molar-refractivity contribution in [2.45, 2.75) is 6.92 Å². The summed E-state index contributed by atoms with van der Waals surface area (Å²) in [5.74, 6) is -0.823. The number of nitrogens with two attached hydrogens (primary N) is 1. The highest BCUT2D eigenvalue weighted by atomic mass is 32.1. The first-order chi connectivity index (χ1) is 9.52. The number of aromatic nitrogens is 2. The molecule has 1 aromatic carbocycles. The van der Waals surface area contributed by atoms with Gasteiger partial charge >= 0.3 is 5.76 Å². The maximum absolute atomic E-state index is 12.1. The van der Waals surface area contributed by atoms with Gasteiger partial charge in [-0.15, -0.1) is 0 Å². The molecule has 0 atom stereocenters. The maximum atomic E-state index is 12.1. The van der Waals surface area contributed by atoms with Gasteiger partial charge in [0, 0.05) is 5.69 Å². The van der Waals surface area contributed by atoms with Crippen LogP contribution in [0.25, 0.3) is 11.1 Å². The number of fused-ring (bicyclic) bond motifs is 1. The van der Waals surface area contributed by atoms with Crippen molar-refractivity contribution in [2.24, 2.45) is 0 Å². The van der Waals surface area contributed by atoms with Crippen molar-refractivity contribution in [3.05, 3.63) is 39.3 Å². The van der Waals surface area contributed by atoms with Crippen LogP contribution in [0.1, 0.15) is 15.4 Å². The van der Waals surface area contributed by atoms with E-state index in [0.717, 1.165) is 11.3 Å². The number of aryl methyl sites for hydroxylation is 1. The summed E-state index contributed by atoms with van der Waals surface area (Å²) in [7, 11) is 0. The molecule has 0 aliphatic rings. The zero-order valence-electron chi connectivity index (χ0n) is 10.4. The van der Waals surface area contributed by atoms with Crippen LogP contribution in [0.2, 0.25) is 0 Å². The number of nitrogens with one attached hydrogen (secondary N) is 2. The van der Waals surface area contributed by atoms with Crippen LogP contribution in [0.3, 0.4) is 0 Å². The Morgan fingerprint density at radius 1 is 1.50 bits per heavy atom. The molecule has 0 spiro atoms. The number of amides is 1. The number of carbonyl (C=O) groups excluding carboxylic acids is 1. The minimum atomic E-state index is -0.533. The van der Waals surface area contributed by atoms with Gasteiger partial charge in [0.05, 0.1) is 11.2 Å². The first kappa shape index (κ1) is 12.4. The highest BCUT2D eigenvalue weighted by Crippen LogP contribution is 2.22. The monoisotopic (exact) mass is 290 g/mol. The fraction of sp³-hybridized carbons (Fsp3) is 0.0833. The number of aromatic amines is 1. The van der Waals surface area contributed by atoms with Gasteiger partial charge in [-0.05, 0) is 25.1 Å². The number of H-pyrrole nitrogens is 1. The average molecular weight is 290 g/mol. The zero-order chi connectivity index (χ0) is 14.3. The Morgan fingerprint density at radius 2 is 2.30 bits per heavy atom. The van der Waals surface area contributed by atoms with Crippen molar-refractivity contribution in [1.29, 1.82) is 0 Å². The van der Waals surface area contributed by atoms with E-state index in [0.29, 0.717) is 32.5 Å². The summed E-state index contributed by atoms with van der Waals surface area (Å²) in [5, 5.41) is 3.08. The molecule has 7 nitrogen and oxygen atoms in total. The number of nitrogens with zero attached hydrogens (tertiary/aromatic N) is 1. The van der Waals surface area contributed by atoms with Gasteiger partial charge in [-0.1, -0.05) is 11.3 Å². The van der Waals surface area contributed by atoms with Crippen molar-refractivity contribution >= 4 is 39.2 Å². The lowest BCUT2D eigenvalue weighted by atomic mass is 10.2. The van der Waals surface area contributed by atoms with Crippen LogP contribution in [-0.4, -0.2) is 15.9 Å². The number of thiazole rings is 1. The highest BCUT2D eigenvalue weighted by molar-refractivity contribution is 7.17. The maximum Gasteiger partial charge on any atom is 0.417 e. The molecule has 3 aromatic rings. The molecule has 0 saturated carbocycles. The second kappa shape index (κ2) is 4.49. The Bertz CT molecular complexity index is 861. The second-order valence-corrected chi connectivity index (χ2v) is 5.18.